The third kappa shape index (κ3) is 5.20. The highest BCUT2D eigenvalue weighted by Crippen LogP contribution is 2.40. The number of hydrogen-bond acceptors (Lipinski definition) is 4. The van der Waals surface area contributed by atoms with E-state index in [0.29, 0.717) is 11.6 Å². The normalized spacial score (nSPS) is 21.2. The summed E-state index contributed by atoms with van der Waals surface area (Å²) in [5.74, 6) is -0.160. The minimum Gasteiger partial charge on any atom is -0.455 e. The van der Waals surface area contributed by atoms with E-state index in [0.717, 1.165) is 25.7 Å². The number of aromatic nitrogens is 1. The molecule has 1 heterocycles. The zero-order chi connectivity index (χ0) is 17.7. The number of pyridine rings is 1. The average Bonchev–Trinajstić information content (AvgIpc) is 2.54. The molecule has 0 spiro atoms. The number of ether oxygens (including phenoxy) is 1. The lowest BCUT2D eigenvalue weighted by Gasteiger charge is -2.36. The Morgan fingerprint density at radius 3 is 2.54 bits per heavy atom. The van der Waals surface area contributed by atoms with Crippen molar-refractivity contribution in [2.75, 3.05) is 11.9 Å². The van der Waals surface area contributed by atoms with E-state index in [2.05, 4.69) is 31.1 Å². The largest absolute Gasteiger partial charge is 0.455 e. The van der Waals surface area contributed by atoms with Crippen LogP contribution in [-0.2, 0) is 14.3 Å². The average molecular weight is 353 g/mol. The molecule has 1 fully saturated rings. The molecule has 0 bridgehead atoms. The lowest BCUT2D eigenvalue weighted by atomic mass is 9.70. The molecule has 1 N–H and O–H groups in total. The maximum absolute atomic E-state index is 12.1. The van der Waals surface area contributed by atoms with E-state index in [-0.39, 0.29) is 29.1 Å². The van der Waals surface area contributed by atoms with Crippen LogP contribution in [0.4, 0.5) is 5.69 Å². The molecule has 0 aromatic carbocycles. The second kappa shape index (κ2) is 7.97. The summed E-state index contributed by atoms with van der Waals surface area (Å²) in [6.07, 6.45) is 5.25. The van der Waals surface area contributed by atoms with E-state index in [1.807, 2.05) is 0 Å². The number of esters is 1. The van der Waals surface area contributed by atoms with Gasteiger partial charge in [0.25, 0.3) is 5.91 Å². The van der Waals surface area contributed by atoms with Gasteiger partial charge in [0.15, 0.2) is 11.8 Å². The van der Waals surface area contributed by atoms with Crippen molar-refractivity contribution in [2.45, 2.75) is 46.5 Å². The first-order valence-electron chi connectivity index (χ1n) is 8.34. The first-order chi connectivity index (χ1) is 11.3. The molecule has 24 heavy (non-hydrogen) atoms. The molecule has 1 aliphatic rings. The summed E-state index contributed by atoms with van der Waals surface area (Å²) in [5.41, 5.74) is 0.684. The molecule has 1 aromatic heterocycles. The Bertz CT molecular complexity index is 590. The van der Waals surface area contributed by atoms with E-state index >= 15 is 0 Å². The Labute approximate surface area is 148 Å². The molecule has 0 unspecified atom stereocenters. The van der Waals surface area contributed by atoms with Crippen LogP contribution in [0.25, 0.3) is 0 Å². The van der Waals surface area contributed by atoms with E-state index in [9.17, 15) is 9.59 Å². The van der Waals surface area contributed by atoms with Crippen molar-refractivity contribution in [3.05, 3.63) is 23.5 Å². The van der Waals surface area contributed by atoms with Gasteiger partial charge in [-0.1, -0.05) is 32.4 Å². The number of carbonyl (C=O) groups is 2. The summed E-state index contributed by atoms with van der Waals surface area (Å²) in [6, 6.07) is 3.31. The highest BCUT2D eigenvalue weighted by atomic mass is 35.5. The fourth-order valence-electron chi connectivity index (χ4n) is 3.12. The Morgan fingerprint density at radius 2 is 1.96 bits per heavy atom. The number of nitrogens with zero attached hydrogens (tertiary/aromatic N) is 1. The van der Waals surface area contributed by atoms with E-state index < -0.39 is 5.91 Å². The molecule has 1 amide bonds. The minimum atomic E-state index is -0.415. The SMILES string of the molecule is CC(C)(C)C1CCC(C(=O)OCC(=O)Nc2cccnc2Cl)CC1. The van der Waals surface area contributed by atoms with E-state index in [4.69, 9.17) is 16.3 Å². The van der Waals surface area contributed by atoms with Gasteiger partial charge in [0.2, 0.25) is 0 Å². The fraction of sp³-hybridized carbons (Fsp3) is 0.611. The summed E-state index contributed by atoms with van der Waals surface area (Å²) in [4.78, 5) is 27.9. The van der Waals surface area contributed by atoms with Crippen LogP contribution in [0.5, 0.6) is 0 Å². The van der Waals surface area contributed by atoms with Crippen LogP contribution in [-0.4, -0.2) is 23.5 Å². The molecular formula is C18H25ClN2O3. The number of halogens is 1. The van der Waals surface area contributed by atoms with Crippen LogP contribution in [0.1, 0.15) is 46.5 Å². The second-order valence-electron chi connectivity index (χ2n) is 7.41. The van der Waals surface area contributed by atoms with Crippen LogP contribution < -0.4 is 5.32 Å². The highest BCUT2D eigenvalue weighted by Gasteiger charge is 2.33. The first kappa shape index (κ1) is 18.7. The van der Waals surface area contributed by atoms with Crippen molar-refractivity contribution in [1.29, 1.82) is 0 Å². The summed E-state index contributed by atoms with van der Waals surface area (Å²) < 4.78 is 5.16. The summed E-state index contributed by atoms with van der Waals surface area (Å²) in [6.45, 7) is 6.42. The third-order valence-corrected chi connectivity index (χ3v) is 4.97. The van der Waals surface area contributed by atoms with Gasteiger partial charge in [-0.15, -0.1) is 0 Å². The van der Waals surface area contributed by atoms with Gasteiger partial charge in [-0.05, 0) is 49.1 Å². The standard InChI is InChI=1S/C18H25ClN2O3/c1-18(2,3)13-8-6-12(7-9-13)17(23)24-11-15(22)21-14-5-4-10-20-16(14)19/h4-5,10,12-13H,6-9,11H2,1-3H3,(H,21,22). The quantitative estimate of drug-likeness (QED) is 0.655. The van der Waals surface area contributed by atoms with Crippen molar-refractivity contribution in [3.8, 4) is 0 Å². The molecule has 1 aromatic rings. The third-order valence-electron chi connectivity index (χ3n) is 4.66. The molecule has 6 heteroatoms. The molecule has 132 valence electrons. The number of amides is 1. The smallest absolute Gasteiger partial charge is 0.309 e. The van der Waals surface area contributed by atoms with Gasteiger partial charge in [-0.2, -0.15) is 0 Å². The molecule has 0 atom stereocenters. The fourth-order valence-corrected chi connectivity index (χ4v) is 3.28. The van der Waals surface area contributed by atoms with Gasteiger partial charge in [0, 0.05) is 6.20 Å². The Hall–Kier alpha value is -1.62. The van der Waals surface area contributed by atoms with Crippen molar-refractivity contribution >= 4 is 29.2 Å². The van der Waals surface area contributed by atoms with Crippen LogP contribution in [0.3, 0.4) is 0 Å². The van der Waals surface area contributed by atoms with Crippen molar-refractivity contribution in [1.82, 2.24) is 4.98 Å². The molecule has 0 saturated heterocycles. The second-order valence-corrected chi connectivity index (χ2v) is 7.77. The van der Waals surface area contributed by atoms with Crippen LogP contribution in [0, 0.1) is 17.3 Å². The summed E-state index contributed by atoms with van der Waals surface area (Å²) >= 11 is 5.87. The molecule has 2 rings (SSSR count). The van der Waals surface area contributed by atoms with Gasteiger partial charge in [-0.25, -0.2) is 4.98 Å². The monoisotopic (exact) mass is 352 g/mol. The molecular weight excluding hydrogens is 328 g/mol. The van der Waals surface area contributed by atoms with Crippen LogP contribution in [0.15, 0.2) is 18.3 Å². The molecule has 1 saturated carbocycles. The van der Waals surface area contributed by atoms with Crippen LogP contribution >= 0.6 is 11.6 Å². The molecule has 1 aliphatic carbocycles. The van der Waals surface area contributed by atoms with Gasteiger partial charge in [-0.3, -0.25) is 9.59 Å². The Morgan fingerprint density at radius 1 is 1.29 bits per heavy atom. The predicted octanol–water partition coefficient (Wildman–Crippen LogP) is 4.07. The van der Waals surface area contributed by atoms with Crippen molar-refractivity contribution < 1.29 is 14.3 Å². The van der Waals surface area contributed by atoms with Gasteiger partial charge >= 0.3 is 5.97 Å². The molecule has 5 nitrogen and oxygen atoms in total. The summed E-state index contributed by atoms with van der Waals surface area (Å²) in [5, 5.41) is 2.79. The lowest BCUT2D eigenvalue weighted by molar-refractivity contribution is -0.153. The predicted molar refractivity (Wildman–Crippen MR) is 93.7 cm³/mol. The Kier molecular flexibility index (Phi) is 6.21. The minimum absolute atomic E-state index is 0.0987. The van der Waals surface area contributed by atoms with Crippen LogP contribution in [0.2, 0.25) is 5.15 Å². The van der Waals surface area contributed by atoms with Crippen molar-refractivity contribution in [3.63, 3.8) is 0 Å². The number of carbonyl (C=O) groups excluding carboxylic acids is 2. The number of nitrogens with one attached hydrogen (secondary N) is 1. The van der Waals surface area contributed by atoms with Crippen molar-refractivity contribution in [2.24, 2.45) is 17.3 Å². The topological polar surface area (TPSA) is 68.3 Å². The zero-order valence-electron chi connectivity index (χ0n) is 14.5. The van der Waals surface area contributed by atoms with E-state index in [1.54, 1.807) is 12.1 Å². The van der Waals surface area contributed by atoms with Gasteiger partial charge in [0.1, 0.15) is 0 Å². The molecule has 0 aliphatic heterocycles. The van der Waals surface area contributed by atoms with Gasteiger partial charge < -0.3 is 10.1 Å². The Balaban J connectivity index is 1.75. The number of anilines is 1. The maximum Gasteiger partial charge on any atom is 0.309 e. The molecule has 0 radical (unpaired) electrons. The van der Waals surface area contributed by atoms with E-state index in [1.165, 1.54) is 6.20 Å². The van der Waals surface area contributed by atoms with Gasteiger partial charge in [0.05, 0.1) is 11.6 Å². The lowest BCUT2D eigenvalue weighted by Crippen LogP contribution is -2.31. The highest BCUT2D eigenvalue weighted by molar-refractivity contribution is 6.32. The zero-order valence-corrected chi connectivity index (χ0v) is 15.2. The first-order valence-corrected chi connectivity index (χ1v) is 8.72. The summed E-state index contributed by atoms with van der Waals surface area (Å²) in [7, 11) is 0. The number of rotatable bonds is 4. The maximum atomic E-state index is 12.1. The number of hydrogen-bond donors (Lipinski definition) is 1.